The molecule has 0 radical (unpaired) electrons. The minimum absolute atomic E-state index is 0.0109. The van der Waals surface area contributed by atoms with E-state index in [-0.39, 0.29) is 10.9 Å². The van der Waals surface area contributed by atoms with Crippen molar-refractivity contribution in [2.45, 2.75) is 12.8 Å². The van der Waals surface area contributed by atoms with Gasteiger partial charge in [0.25, 0.3) is 0 Å². The zero-order valence-corrected chi connectivity index (χ0v) is 19.4. The van der Waals surface area contributed by atoms with Crippen LogP contribution in [0.25, 0.3) is 60.8 Å². The molecule has 4 heteroatoms. The van der Waals surface area contributed by atoms with Crippen LogP contribution in [-0.2, 0) is 6.42 Å². The Kier molecular flexibility index (Phi) is 3.77. The van der Waals surface area contributed by atoms with Crippen LogP contribution in [0.1, 0.15) is 17.7 Å². The summed E-state index contributed by atoms with van der Waals surface area (Å²) in [7, 11) is 0. The fourth-order valence-electron chi connectivity index (χ4n) is 6.24. The molecule has 0 amide bonds. The molecule has 0 saturated heterocycles. The van der Waals surface area contributed by atoms with Crippen LogP contribution < -0.4 is 10.9 Å². The van der Waals surface area contributed by atoms with Crippen LogP contribution in [0.3, 0.4) is 0 Å². The van der Waals surface area contributed by atoms with Gasteiger partial charge in [0, 0.05) is 43.9 Å². The number of pyridine rings is 2. The fourth-order valence-corrected chi connectivity index (χ4v) is 6.24. The van der Waals surface area contributed by atoms with Crippen LogP contribution in [-0.4, -0.2) is 8.97 Å². The number of rotatable bonds is 1. The van der Waals surface area contributed by atoms with Crippen LogP contribution in [0.15, 0.2) is 101 Å². The van der Waals surface area contributed by atoms with E-state index in [1.807, 2.05) is 42.5 Å². The van der Waals surface area contributed by atoms with E-state index >= 15 is 0 Å². The van der Waals surface area contributed by atoms with Crippen molar-refractivity contribution in [2.75, 3.05) is 0 Å². The van der Waals surface area contributed by atoms with Gasteiger partial charge in [-0.3, -0.25) is 9.59 Å². The number of aryl methyl sites for hydroxylation is 1. The molecule has 170 valence electrons. The molecular weight excluding hydrogens is 444 g/mol. The Hall–Kier alpha value is -4.70. The summed E-state index contributed by atoms with van der Waals surface area (Å²) in [5, 5.41) is 4.29. The maximum atomic E-state index is 13.9. The largest absolute Gasteiger partial charge is 0.313 e. The number of fused-ring (bicyclic) bond motifs is 7. The minimum atomic E-state index is -0.0205. The van der Waals surface area contributed by atoms with Gasteiger partial charge in [0.2, 0.25) is 0 Å². The Balaban J connectivity index is 1.53. The highest BCUT2D eigenvalue weighted by molar-refractivity contribution is 6.11. The van der Waals surface area contributed by atoms with E-state index in [0.29, 0.717) is 28.1 Å². The molecule has 0 bridgehead atoms. The van der Waals surface area contributed by atoms with Gasteiger partial charge < -0.3 is 8.97 Å². The van der Waals surface area contributed by atoms with Gasteiger partial charge in [-0.05, 0) is 55.3 Å². The van der Waals surface area contributed by atoms with E-state index in [9.17, 15) is 9.59 Å². The van der Waals surface area contributed by atoms with Crippen molar-refractivity contribution in [3.63, 3.8) is 0 Å². The molecule has 0 aliphatic heterocycles. The van der Waals surface area contributed by atoms with Crippen molar-refractivity contribution in [1.29, 1.82) is 0 Å². The topological polar surface area (TPSA) is 43.5 Å². The highest BCUT2D eigenvalue weighted by Gasteiger charge is 2.24. The van der Waals surface area contributed by atoms with Gasteiger partial charge in [0.05, 0.1) is 22.1 Å². The summed E-state index contributed by atoms with van der Waals surface area (Å²) < 4.78 is 4.47. The van der Waals surface area contributed by atoms with Crippen LogP contribution >= 0.6 is 0 Å². The lowest BCUT2D eigenvalue weighted by Crippen LogP contribution is -2.21. The summed E-state index contributed by atoms with van der Waals surface area (Å²) in [5.74, 6) is 0. The first-order valence-electron chi connectivity index (χ1n) is 12.3. The molecule has 8 rings (SSSR count). The minimum Gasteiger partial charge on any atom is -0.313 e. The van der Waals surface area contributed by atoms with Gasteiger partial charge in [-0.2, -0.15) is 0 Å². The lowest BCUT2D eigenvalue weighted by molar-refractivity contribution is 0.886. The average Bonchev–Trinajstić information content (AvgIpc) is 3.27. The smallest absolute Gasteiger partial charge is 0.197 e. The van der Waals surface area contributed by atoms with Crippen molar-refractivity contribution < 1.29 is 0 Å². The predicted octanol–water partition coefficient (Wildman–Crippen LogP) is 6.46. The molecule has 4 aromatic carbocycles. The molecule has 1 aliphatic carbocycles. The maximum Gasteiger partial charge on any atom is 0.197 e. The first kappa shape index (κ1) is 19.6. The van der Waals surface area contributed by atoms with E-state index in [1.54, 1.807) is 0 Å². The summed E-state index contributed by atoms with van der Waals surface area (Å²) in [6.07, 6.45) is 3.58. The van der Waals surface area contributed by atoms with Crippen molar-refractivity contribution >= 4 is 60.8 Å². The highest BCUT2D eigenvalue weighted by Crippen LogP contribution is 2.36. The molecule has 36 heavy (non-hydrogen) atoms. The lowest BCUT2D eigenvalue weighted by atomic mass is 9.95. The number of hydrogen-bond acceptors (Lipinski definition) is 2. The number of benzene rings is 4. The van der Waals surface area contributed by atoms with E-state index in [4.69, 9.17) is 0 Å². The number of aromatic nitrogens is 2. The number of nitrogens with zero attached hydrogens (tertiary/aromatic N) is 2. The summed E-state index contributed by atoms with van der Waals surface area (Å²) >= 11 is 0. The number of allylic oxidation sites excluding steroid dienone is 1. The second kappa shape index (κ2) is 6.92. The van der Waals surface area contributed by atoms with Crippen LogP contribution in [0, 0.1) is 0 Å². The molecule has 7 aromatic rings. The molecule has 1 aliphatic rings. The second-order valence-electron chi connectivity index (χ2n) is 9.58. The van der Waals surface area contributed by atoms with Crippen molar-refractivity contribution in [3.8, 4) is 0 Å². The summed E-state index contributed by atoms with van der Waals surface area (Å²) in [6, 6.07) is 30.1. The molecule has 0 unspecified atom stereocenters. The summed E-state index contributed by atoms with van der Waals surface area (Å²) in [4.78, 5) is 27.2. The van der Waals surface area contributed by atoms with Crippen LogP contribution in [0.2, 0.25) is 0 Å². The SMILES string of the molecule is O=c1c2c(n3c4ccccc4c(=O)c4cccc1c43)CCC(n1c3ccccc3c3ccccc31)=C2. The van der Waals surface area contributed by atoms with Gasteiger partial charge >= 0.3 is 0 Å². The lowest BCUT2D eigenvalue weighted by Gasteiger charge is -2.23. The normalized spacial score (nSPS) is 13.7. The average molecular weight is 465 g/mol. The molecule has 3 heterocycles. The van der Waals surface area contributed by atoms with Gasteiger partial charge in [-0.25, -0.2) is 0 Å². The zero-order valence-electron chi connectivity index (χ0n) is 19.4. The third-order valence-electron chi connectivity index (χ3n) is 7.76. The first-order valence-corrected chi connectivity index (χ1v) is 12.3. The highest BCUT2D eigenvalue weighted by atomic mass is 16.1. The predicted molar refractivity (Wildman–Crippen MR) is 148 cm³/mol. The van der Waals surface area contributed by atoms with E-state index < -0.39 is 0 Å². The Morgan fingerprint density at radius 3 is 1.78 bits per heavy atom. The van der Waals surface area contributed by atoms with Gasteiger partial charge in [-0.15, -0.1) is 0 Å². The van der Waals surface area contributed by atoms with Gasteiger partial charge in [0.15, 0.2) is 10.9 Å². The van der Waals surface area contributed by atoms with Crippen molar-refractivity contribution in [2.24, 2.45) is 0 Å². The summed E-state index contributed by atoms with van der Waals surface area (Å²) in [5.41, 5.74) is 6.66. The molecule has 0 spiro atoms. The maximum absolute atomic E-state index is 13.9. The molecule has 0 saturated carbocycles. The van der Waals surface area contributed by atoms with E-state index in [2.05, 4.69) is 63.6 Å². The van der Waals surface area contributed by atoms with Crippen LogP contribution in [0.5, 0.6) is 0 Å². The standard InChI is InChI=1S/C32H20N2O2/c35-31-22-10-3-6-15-28(22)34-29-17-16-19(18-25(29)32(36)24-12-7-11-23(31)30(24)34)33-26-13-4-1-8-20(26)21-9-2-5-14-27(21)33/h1-15,18H,16-17H2. The molecule has 3 aromatic heterocycles. The van der Waals surface area contributed by atoms with Crippen LogP contribution in [0.4, 0.5) is 0 Å². The fraction of sp³-hybridized carbons (Fsp3) is 0.0625. The van der Waals surface area contributed by atoms with Crippen molar-refractivity contribution in [3.05, 3.63) is 123 Å². The quantitative estimate of drug-likeness (QED) is 0.207. The first-order chi connectivity index (χ1) is 17.7. The molecular formula is C32H20N2O2. The Labute approximate surface area is 205 Å². The Morgan fingerprint density at radius 1 is 0.528 bits per heavy atom. The number of para-hydroxylation sites is 4. The third-order valence-corrected chi connectivity index (χ3v) is 7.76. The molecule has 0 fully saturated rings. The molecule has 0 N–H and O–H groups in total. The van der Waals surface area contributed by atoms with Gasteiger partial charge in [-0.1, -0.05) is 54.6 Å². The Morgan fingerprint density at radius 2 is 1.08 bits per heavy atom. The molecule has 0 atom stereocenters. The monoisotopic (exact) mass is 464 g/mol. The second-order valence-corrected chi connectivity index (χ2v) is 9.58. The Bertz CT molecular complexity index is 2140. The zero-order chi connectivity index (χ0) is 24.0. The number of hydrogen-bond donors (Lipinski definition) is 0. The van der Waals surface area contributed by atoms with Crippen molar-refractivity contribution in [1.82, 2.24) is 8.97 Å². The van der Waals surface area contributed by atoms with Gasteiger partial charge in [0.1, 0.15) is 0 Å². The third kappa shape index (κ3) is 2.38. The molecule has 4 nitrogen and oxygen atoms in total. The van der Waals surface area contributed by atoms with E-state index in [0.717, 1.165) is 39.9 Å². The van der Waals surface area contributed by atoms with E-state index in [1.165, 1.54) is 10.8 Å². The summed E-state index contributed by atoms with van der Waals surface area (Å²) in [6.45, 7) is 0.